The van der Waals surface area contributed by atoms with Crippen molar-refractivity contribution < 1.29 is 9.21 Å². The molecule has 0 bridgehead atoms. The number of aromatic nitrogens is 3. The predicted molar refractivity (Wildman–Crippen MR) is 156 cm³/mol. The third-order valence-corrected chi connectivity index (χ3v) is 6.97. The molecule has 2 aromatic heterocycles. The average molecular weight is 564 g/mol. The van der Waals surface area contributed by atoms with Gasteiger partial charge in [-0.1, -0.05) is 49.2 Å². The second kappa shape index (κ2) is 10.6. The van der Waals surface area contributed by atoms with E-state index in [0.717, 1.165) is 16.8 Å². The first-order valence-electron chi connectivity index (χ1n) is 11.8. The van der Waals surface area contributed by atoms with Crippen molar-refractivity contribution in [3.8, 4) is 17.0 Å². The quantitative estimate of drug-likeness (QED) is 0.215. The van der Waals surface area contributed by atoms with Gasteiger partial charge in [0.05, 0.1) is 15.7 Å². The number of hydrogen-bond acceptors (Lipinski definition) is 5. The van der Waals surface area contributed by atoms with E-state index in [2.05, 4.69) is 46.8 Å². The minimum atomic E-state index is -0.483. The van der Waals surface area contributed by atoms with E-state index in [1.54, 1.807) is 35.1 Å². The molecule has 0 unspecified atom stereocenters. The first kappa shape index (κ1) is 25.9. The lowest BCUT2D eigenvalue weighted by molar-refractivity contribution is 0.0951. The lowest BCUT2D eigenvalue weighted by Gasteiger charge is -2.11. The summed E-state index contributed by atoms with van der Waals surface area (Å²) in [5.41, 5.74) is 5.88. The zero-order valence-corrected chi connectivity index (χ0v) is 23.1. The van der Waals surface area contributed by atoms with Crippen LogP contribution in [0.25, 0.3) is 28.0 Å². The van der Waals surface area contributed by atoms with Crippen LogP contribution in [0.1, 0.15) is 41.4 Å². The van der Waals surface area contributed by atoms with Crippen LogP contribution >= 0.6 is 35.4 Å². The molecule has 0 saturated heterocycles. The Hall–Kier alpha value is -3.72. The van der Waals surface area contributed by atoms with Gasteiger partial charge in [0.2, 0.25) is 0 Å². The van der Waals surface area contributed by atoms with Crippen molar-refractivity contribution in [2.75, 3.05) is 5.32 Å². The van der Waals surface area contributed by atoms with Crippen molar-refractivity contribution in [1.82, 2.24) is 20.3 Å². The standard InChI is InChI=1S/C28H23Cl2N5O2S/c1-15(2)17-4-7-19(8-5-17)35-33-23-12-16(3)22(14-24(23)34-35)31-28(38)32-27(36)26-11-10-25(37-26)18-6-9-20(29)21(30)13-18/h4-15H,1-3H3,(H2,31,32,36,38). The zero-order valence-electron chi connectivity index (χ0n) is 20.8. The highest BCUT2D eigenvalue weighted by atomic mass is 35.5. The molecule has 0 saturated carbocycles. The van der Waals surface area contributed by atoms with Gasteiger partial charge in [0, 0.05) is 11.3 Å². The molecule has 5 aromatic rings. The molecule has 3 aromatic carbocycles. The van der Waals surface area contributed by atoms with Crippen LogP contribution < -0.4 is 10.6 Å². The normalized spacial score (nSPS) is 11.2. The first-order valence-corrected chi connectivity index (χ1v) is 13.0. The van der Waals surface area contributed by atoms with E-state index in [0.29, 0.717) is 38.5 Å². The Balaban J connectivity index is 1.29. The first-order chi connectivity index (χ1) is 18.2. The van der Waals surface area contributed by atoms with E-state index in [9.17, 15) is 4.79 Å². The van der Waals surface area contributed by atoms with E-state index in [1.165, 1.54) is 5.56 Å². The lowest BCUT2D eigenvalue weighted by atomic mass is 10.0. The molecule has 38 heavy (non-hydrogen) atoms. The van der Waals surface area contributed by atoms with E-state index in [-0.39, 0.29) is 10.9 Å². The van der Waals surface area contributed by atoms with Crippen molar-refractivity contribution in [3.05, 3.63) is 93.7 Å². The molecule has 0 aliphatic carbocycles. The summed E-state index contributed by atoms with van der Waals surface area (Å²) in [6, 6.07) is 20.3. The molecule has 0 spiro atoms. The minimum Gasteiger partial charge on any atom is -0.451 e. The van der Waals surface area contributed by atoms with Crippen LogP contribution in [0.5, 0.6) is 0 Å². The number of carbonyl (C=O) groups is 1. The predicted octanol–water partition coefficient (Wildman–Crippen LogP) is 7.55. The molecule has 7 nitrogen and oxygen atoms in total. The summed E-state index contributed by atoms with van der Waals surface area (Å²) in [6.07, 6.45) is 0. The Kier molecular flexibility index (Phi) is 7.21. The summed E-state index contributed by atoms with van der Waals surface area (Å²) in [4.78, 5) is 14.3. The highest BCUT2D eigenvalue weighted by Gasteiger charge is 2.16. The van der Waals surface area contributed by atoms with Gasteiger partial charge in [0.25, 0.3) is 5.91 Å². The van der Waals surface area contributed by atoms with Crippen LogP contribution in [0.4, 0.5) is 5.69 Å². The van der Waals surface area contributed by atoms with Gasteiger partial charge in [0.15, 0.2) is 10.9 Å². The fourth-order valence-corrected chi connectivity index (χ4v) is 4.39. The number of carbonyl (C=O) groups excluding carboxylic acids is 1. The number of nitrogens with zero attached hydrogens (tertiary/aromatic N) is 3. The summed E-state index contributed by atoms with van der Waals surface area (Å²) >= 11 is 17.4. The van der Waals surface area contributed by atoms with Gasteiger partial charge in [-0.05, 0) is 90.8 Å². The van der Waals surface area contributed by atoms with Crippen LogP contribution in [-0.2, 0) is 0 Å². The Labute approximate surface area is 234 Å². The number of amides is 1. The van der Waals surface area contributed by atoms with Gasteiger partial charge < -0.3 is 9.73 Å². The number of thiocarbonyl (C=S) groups is 1. The molecule has 1 amide bonds. The van der Waals surface area contributed by atoms with Gasteiger partial charge in [-0.3, -0.25) is 10.1 Å². The van der Waals surface area contributed by atoms with Crippen LogP contribution in [-0.4, -0.2) is 26.0 Å². The number of fused-ring (bicyclic) bond motifs is 1. The number of nitrogens with one attached hydrogen (secondary N) is 2. The molecular formula is C28H23Cl2N5O2S. The van der Waals surface area contributed by atoms with Gasteiger partial charge >= 0.3 is 0 Å². The fourth-order valence-electron chi connectivity index (χ4n) is 3.89. The number of aryl methyl sites for hydroxylation is 1. The third kappa shape index (κ3) is 5.43. The maximum absolute atomic E-state index is 12.7. The number of halogens is 2. The number of benzene rings is 3. The van der Waals surface area contributed by atoms with Gasteiger partial charge in [-0.15, -0.1) is 10.2 Å². The molecule has 0 aliphatic heterocycles. The number of furan rings is 1. The summed E-state index contributed by atoms with van der Waals surface area (Å²) in [5.74, 6) is 0.555. The average Bonchev–Trinajstić information content (AvgIpc) is 3.53. The van der Waals surface area contributed by atoms with Crippen molar-refractivity contribution in [3.63, 3.8) is 0 Å². The number of anilines is 1. The molecule has 192 valence electrons. The SMILES string of the molecule is Cc1cc2nn(-c3ccc(C(C)C)cc3)nc2cc1NC(=S)NC(=O)c1ccc(-c2ccc(Cl)c(Cl)c2)o1. The molecule has 0 aliphatic rings. The van der Waals surface area contributed by atoms with Crippen LogP contribution in [0.3, 0.4) is 0 Å². The Morgan fingerprint density at radius 2 is 1.66 bits per heavy atom. The van der Waals surface area contributed by atoms with Gasteiger partial charge in [-0.25, -0.2) is 0 Å². The summed E-state index contributed by atoms with van der Waals surface area (Å²) in [5, 5.41) is 15.9. The Morgan fingerprint density at radius 3 is 2.34 bits per heavy atom. The molecule has 2 heterocycles. The van der Waals surface area contributed by atoms with Crippen LogP contribution in [0.15, 0.2) is 71.1 Å². The molecule has 0 atom stereocenters. The summed E-state index contributed by atoms with van der Waals surface area (Å²) in [7, 11) is 0. The molecular weight excluding hydrogens is 541 g/mol. The third-order valence-electron chi connectivity index (χ3n) is 6.03. The van der Waals surface area contributed by atoms with Crippen molar-refractivity contribution in [1.29, 1.82) is 0 Å². The van der Waals surface area contributed by atoms with Crippen molar-refractivity contribution in [2.24, 2.45) is 0 Å². The second-order valence-electron chi connectivity index (χ2n) is 9.09. The van der Waals surface area contributed by atoms with Gasteiger partial charge in [0.1, 0.15) is 16.8 Å². The second-order valence-corrected chi connectivity index (χ2v) is 10.3. The summed E-state index contributed by atoms with van der Waals surface area (Å²) < 4.78 is 5.70. The lowest BCUT2D eigenvalue weighted by Crippen LogP contribution is -2.34. The summed E-state index contributed by atoms with van der Waals surface area (Å²) in [6.45, 7) is 6.24. The maximum atomic E-state index is 12.7. The van der Waals surface area contributed by atoms with E-state index < -0.39 is 5.91 Å². The van der Waals surface area contributed by atoms with Crippen molar-refractivity contribution in [2.45, 2.75) is 26.7 Å². The smallest absolute Gasteiger partial charge is 0.293 e. The molecule has 5 rings (SSSR count). The van der Waals surface area contributed by atoms with Crippen LogP contribution in [0.2, 0.25) is 10.0 Å². The minimum absolute atomic E-state index is 0.105. The van der Waals surface area contributed by atoms with Crippen LogP contribution in [0, 0.1) is 6.92 Å². The zero-order chi connectivity index (χ0) is 27.0. The topological polar surface area (TPSA) is 85.0 Å². The number of rotatable bonds is 5. The number of hydrogen-bond donors (Lipinski definition) is 2. The van der Waals surface area contributed by atoms with E-state index in [1.807, 2.05) is 31.2 Å². The highest BCUT2D eigenvalue weighted by Crippen LogP contribution is 2.30. The Bertz CT molecular complexity index is 1670. The molecule has 2 N–H and O–H groups in total. The van der Waals surface area contributed by atoms with Crippen molar-refractivity contribution >= 4 is 63.2 Å². The monoisotopic (exact) mass is 563 g/mol. The fraction of sp³-hybridized carbons (Fsp3) is 0.143. The maximum Gasteiger partial charge on any atom is 0.293 e. The molecule has 0 fully saturated rings. The molecule has 0 radical (unpaired) electrons. The highest BCUT2D eigenvalue weighted by molar-refractivity contribution is 7.80. The van der Waals surface area contributed by atoms with Gasteiger partial charge in [-0.2, -0.15) is 4.80 Å². The van der Waals surface area contributed by atoms with E-state index in [4.69, 9.17) is 39.8 Å². The van der Waals surface area contributed by atoms with E-state index >= 15 is 0 Å². The largest absolute Gasteiger partial charge is 0.451 e. The molecule has 10 heteroatoms. The Morgan fingerprint density at radius 1 is 0.947 bits per heavy atom.